The topological polar surface area (TPSA) is 102 Å². The van der Waals surface area contributed by atoms with Crippen molar-refractivity contribution in [2.45, 2.75) is 19.5 Å². The second kappa shape index (κ2) is 8.41. The summed E-state index contributed by atoms with van der Waals surface area (Å²) >= 11 is 12.1. The van der Waals surface area contributed by atoms with E-state index in [4.69, 9.17) is 28.3 Å². The molecule has 0 saturated carbocycles. The summed E-state index contributed by atoms with van der Waals surface area (Å²) in [5, 5.41) is 19.8. The number of aromatic nitrogens is 4. The molecule has 0 unspecified atom stereocenters. The smallest absolute Gasteiger partial charge is 0.356 e. The van der Waals surface area contributed by atoms with Gasteiger partial charge >= 0.3 is 5.97 Å². The molecule has 11 heteroatoms. The molecule has 0 atom stereocenters. The Hall–Kier alpha value is -2.91. The monoisotopic (exact) mass is 425 g/mol. The van der Waals surface area contributed by atoms with E-state index in [9.17, 15) is 14.0 Å². The molecule has 0 spiro atoms. The molecule has 0 bridgehead atoms. The normalized spacial score (nSPS) is 10.8. The molecule has 28 heavy (non-hydrogen) atoms. The maximum atomic E-state index is 13.9. The van der Waals surface area contributed by atoms with Crippen LogP contribution in [-0.2, 0) is 17.9 Å². The molecule has 3 rings (SSSR count). The molecule has 0 saturated heterocycles. The quantitative estimate of drug-likeness (QED) is 0.604. The highest BCUT2D eigenvalue weighted by atomic mass is 35.5. The van der Waals surface area contributed by atoms with E-state index in [1.165, 1.54) is 40.0 Å². The molecule has 0 radical (unpaired) electrons. The summed E-state index contributed by atoms with van der Waals surface area (Å²) in [7, 11) is 0. The minimum atomic E-state index is -1.14. The number of carboxylic acids is 1. The van der Waals surface area contributed by atoms with Gasteiger partial charge in [-0.2, -0.15) is 10.2 Å². The lowest BCUT2D eigenvalue weighted by molar-refractivity contribution is -0.116. The minimum absolute atomic E-state index is 0.0308. The summed E-state index contributed by atoms with van der Waals surface area (Å²) in [6.07, 6.45) is 2.95. The Morgan fingerprint density at radius 2 is 1.93 bits per heavy atom. The van der Waals surface area contributed by atoms with Crippen molar-refractivity contribution in [3.05, 3.63) is 63.8 Å². The fourth-order valence-electron chi connectivity index (χ4n) is 2.42. The van der Waals surface area contributed by atoms with Gasteiger partial charge in [0.15, 0.2) is 11.5 Å². The largest absolute Gasteiger partial charge is 0.476 e. The molecule has 1 aromatic carbocycles. The van der Waals surface area contributed by atoms with Crippen LogP contribution in [0.3, 0.4) is 0 Å². The number of hydrogen-bond donors (Lipinski definition) is 2. The number of carbonyl (C=O) groups excluding carboxylic acids is 1. The van der Waals surface area contributed by atoms with Crippen LogP contribution in [-0.4, -0.2) is 36.5 Å². The van der Waals surface area contributed by atoms with Gasteiger partial charge in [0.25, 0.3) is 0 Å². The molecule has 0 aliphatic carbocycles. The third kappa shape index (κ3) is 4.68. The number of aromatic carboxylic acids is 1. The molecule has 1 amide bonds. The van der Waals surface area contributed by atoms with Crippen LogP contribution in [0.2, 0.25) is 10.0 Å². The number of halogens is 3. The molecule has 8 nitrogen and oxygen atoms in total. The van der Waals surface area contributed by atoms with Gasteiger partial charge < -0.3 is 10.4 Å². The molecule has 2 heterocycles. The van der Waals surface area contributed by atoms with Crippen molar-refractivity contribution in [3.8, 4) is 0 Å². The van der Waals surface area contributed by atoms with Gasteiger partial charge in [-0.15, -0.1) is 0 Å². The van der Waals surface area contributed by atoms with Crippen molar-refractivity contribution in [1.82, 2.24) is 19.6 Å². The predicted molar refractivity (Wildman–Crippen MR) is 100 cm³/mol. The number of aryl methyl sites for hydroxylation is 1. The zero-order valence-electron chi connectivity index (χ0n) is 14.3. The Morgan fingerprint density at radius 3 is 2.61 bits per heavy atom. The third-order valence-corrected chi connectivity index (χ3v) is 4.42. The van der Waals surface area contributed by atoms with Crippen molar-refractivity contribution in [2.75, 3.05) is 5.32 Å². The fraction of sp³-hybridized carbons (Fsp3) is 0.176. The SMILES string of the molecule is O=C(CCn1ccc(C(=O)O)n1)Nc1nn(Cc2c(F)cccc2Cl)cc1Cl. The van der Waals surface area contributed by atoms with Crippen molar-refractivity contribution in [3.63, 3.8) is 0 Å². The van der Waals surface area contributed by atoms with Gasteiger partial charge in [-0.3, -0.25) is 14.2 Å². The van der Waals surface area contributed by atoms with Gasteiger partial charge in [0.05, 0.1) is 6.54 Å². The first-order valence-electron chi connectivity index (χ1n) is 8.06. The summed E-state index contributed by atoms with van der Waals surface area (Å²) in [6.45, 7) is 0.231. The standard InChI is InChI=1S/C17H14Cl2FN5O3/c18-11-2-1-3-13(20)10(11)8-25-9-12(19)16(23-25)21-15(26)5-7-24-6-4-14(22-24)17(27)28/h1-4,6,9H,5,7-8H2,(H,27,28)(H,21,23,26). The second-order valence-corrected chi connectivity index (χ2v) is 6.61. The van der Waals surface area contributed by atoms with Crippen LogP contribution in [0.4, 0.5) is 10.2 Å². The summed E-state index contributed by atoms with van der Waals surface area (Å²) in [5.74, 6) is -1.87. The van der Waals surface area contributed by atoms with Crippen molar-refractivity contribution in [1.29, 1.82) is 0 Å². The number of nitrogens with zero attached hydrogens (tertiary/aromatic N) is 4. The molecule has 0 aliphatic heterocycles. The van der Waals surface area contributed by atoms with Crippen LogP contribution in [0, 0.1) is 5.82 Å². The number of benzene rings is 1. The molecule has 146 valence electrons. The van der Waals surface area contributed by atoms with Crippen LogP contribution in [0.15, 0.2) is 36.7 Å². The van der Waals surface area contributed by atoms with E-state index in [1.807, 2.05) is 0 Å². The lowest BCUT2D eigenvalue weighted by Gasteiger charge is -2.06. The Bertz CT molecular complexity index is 1010. The minimum Gasteiger partial charge on any atom is -0.476 e. The first-order chi connectivity index (χ1) is 13.3. The number of amides is 1. The summed E-state index contributed by atoms with van der Waals surface area (Å²) in [5.41, 5.74) is 0.156. The first-order valence-corrected chi connectivity index (χ1v) is 8.81. The number of rotatable bonds is 7. The molecular weight excluding hydrogens is 412 g/mol. The van der Waals surface area contributed by atoms with Crippen molar-refractivity contribution < 1.29 is 19.1 Å². The number of carboxylic acid groups (broad SMARTS) is 1. The van der Waals surface area contributed by atoms with E-state index >= 15 is 0 Å². The highest BCUT2D eigenvalue weighted by Gasteiger charge is 2.14. The van der Waals surface area contributed by atoms with Crippen molar-refractivity contribution >= 4 is 40.9 Å². The van der Waals surface area contributed by atoms with Crippen LogP contribution in [0.5, 0.6) is 0 Å². The Morgan fingerprint density at radius 1 is 1.14 bits per heavy atom. The Kier molecular flexibility index (Phi) is 5.96. The summed E-state index contributed by atoms with van der Waals surface area (Å²) < 4.78 is 16.6. The molecular formula is C17H14Cl2FN5O3. The van der Waals surface area contributed by atoms with E-state index in [0.717, 1.165) is 0 Å². The molecule has 0 fully saturated rings. The molecule has 2 N–H and O–H groups in total. The highest BCUT2D eigenvalue weighted by Crippen LogP contribution is 2.23. The third-order valence-electron chi connectivity index (χ3n) is 3.78. The molecule has 3 aromatic rings. The summed E-state index contributed by atoms with van der Waals surface area (Å²) in [6, 6.07) is 5.70. The first kappa shape index (κ1) is 19.8. The predicted octanol–water partition coefficient (Wildman–Crippen LogP) is 3.30. The summed E-state index contributed by atoms with van der Waals surface area (Å²) in [4.78, 5) is 22.9. The number of nitrogens with one attached hydrogen (secondary N) is 1. The molecule has 0 aliphatic rings. The number of hydrogen-bond acceptors (Lipinski definition) is 4. The maximum Gasteiger partial charge on any atom is 0.356 e. The van der Waals surface area contributed by atoms with Crippen LogP contribution in [0.1, 0.15) is 22.5 Å². The Labute approximate surface area is 168 Å². The van der Waals surface area contributed by atoms with Gasteiger partial charge in [0.1, 0.15) is 10.8 Å². The van der Waals surface area contributed by atoms with Gasteiger partial charge in [0, 0.05) is 35.9 Å². The van der Waals surface area contributed by atoms with E-state index in [2.05, 4.69) is 15.5 Å². The maximum absolute atomic E-state index is 13.9. The average molecular weight is 426 g/mol. The van der Waals surface area contributed by atoms with E-state index in [0.29, 0.717) is 0 Å². The average Bonchev–Trinajstić information content (AvgIpc) is 3.24. The van der Waals surface area contributed by atoms with Gasteiger partial charge in [-0.25, -0.2) is 9.18 Å². The van der Waals surface area contributed by atoms with E-state index in [1.54, 1.807) is 6.07 Å². The highest BCUT2D eigenvalue weighted by molar-refractivity contribution is 6.33. The molecule has 2 aromatic heterocycles. The Balaban J connectivity index is 1.61. The zero-order chi connectivity index (χ0) is 20.3. The number of carbonyl (C=O) groups is 2. The second-order valence-electron chi connectivity index (χ2n) is 5.79. The number of anilines is 1. The van der Waals surface area contributed by atoms with Gasteiger partial charge in [-0.05, 0) is 18.2 Å². The lowest BCUT2D eigenvalue weighted by Crippen LogP contribution is -2.16. The van der Waals surface area contributed by atoms with Crippen molar-refractivity contribution in [2.24, 2.45) is 0 Å². The van der Waals surface area contributed by atoms with E-state index < -0.39 is 11.8 Å². The van der Waals surface area contributed by atoms with Crippen LogP contribution < -0.4 is 5.32 Å². The van der Waals surface area contributed by atoms with E-state index in [-0.39, 0.29) is 52.5 Å². The van der Waals surface area contributed by atoms with Gasteiger partial charge in [0.2, 0.25) is 5.91 Å². The van der Waals surface area contributed by atoms with Crippen LogP contribution in [0.25, 0.3) is 0 Å². The fourth-order valence-corrected chi connectivity index (χ4v) is 2.84. The van der Waals surface area contributed by atoms with Crippen LogP contribution >= 0.6 is 23.2 Å². The lowest BCUT2D eigenvalue weighted by atomic mass is 10.2. The van der Waals surface area contributed by atoms with Gasteiger partial charge in [-0.1, -0.05) is 29.3 Å². The zero-order valence-corrected chi connectivity index (χ0v) is 15.8.